The number of ether oxygens (including phenoxy) is 2. The van der Waals surface area contributed by atoms with Crippen LogP contribution < -0.4 is 14.9 Å². The van der Waals surface area contributed by atoms with E-state index in [9.17, 15) is 4.79 Å². The monoisotopic (exact) mass is 439 g/mol. The molecule has 0 bridgehead atoms. The highest BCUT2D eigenvalue weighted by Crippen LogP contribution is 2.25. The Kier molecular flexibility index (Phi) is 8.05. The number of hydrogen-bond donors (Lipinski definition) is 1. The molecule has 0 unspecified atom stereocenters. The van der Waals surface area contributed by atoms with E-state index in [0.29, 0.717) is 18.3 Å². The molecule has 0 atom stereocenters. The zero-order valence-electron chi connectivity index (χ0n) is 17.7. The van der Waals surface area contributed by atoms with Gasteiger partial charge in [-0.15, -0.1) is 10.2 Å². The number of thioether (sulfide) groups is 1. The Labute approximate surface area is 185 Å². The quantitative estimate of drug-likeness (QED) is 0.295. The molecule has 162 valence electrons. The van der Waals surface area contributed by atoms with E-state index in [2.05, 4.69) is 20.7 Å². The summed E-state index contributed by atoms with van der Waals surface area (Å²) in [7, 11) is 1.63. The molecule has 0 saturated heterocycles. The number of para-hydroxylation sites is 1. The predicted octanol–water partition coefficient (Wildman–Crippen LogP) is 3.61. The van der Waals surface area contributed by atoms with Crippen molar-refractivity contribution in [3.8, 4) is 22.9 Å². The Morgan fingerprint density at radius 1 is 1.16 bits per heavy atom. The molecule has 2 aromatic carbocycles. The van der Waals surface area contributed by atoms with E-state index in [4.69, 9.17) is 9.47 Å². The summed E-state index contributed by atoms with van der Waals surface area (Å²) in [5.74, 6) is 2.19. The normalized spacial score (nSPS) is 10.9. The highest BCUT2D eigenvalue weighted by molar-refractivity contribution is 7.99. The lowest BCUT2D eigenvalue weighted by Gasteiger charge is -2.08. The topological polar surface area (TPSA) is 90.6 Å². The van der Waals surface area contributed by atoms with Gasteiger partial charge in [0.2, 0.25) is 0 Å². The molecule has 31 heavy (non-hydrogen) atoms. The molecule has 0 aliphatic carbocycles. The molecule has 1 amide bonds. The molecule has 1 N–H and O–H groups in total. The summed E-state index contributed by atoms with van der Waals surface area (Å²) in [6.07, 6.45) is 1.57. The summed E-state index contributed by atoms with van der Waals surface area (Å²) in [4.78, 5) is 12.2. The summed E-state index contributed by atoms with van der Waals surface area (Å²) in [6, 6.07) is 15.1. The fourth-order valence-electron chi connectivity index (χ4n) is 2.84. The first kappa shape index (κ1) is 22.4. The molecule has 0 aliphatic heterocycles. The summed E-state index contributed by atoms with van der Waals surface area (Å²) in [5, 5.41) is 13.3. The van der Waals surface area contributed by atoms with E-state index in [1.54, 1.807) is 13.3 Å². The van der Waals surface area contributed by atoms with Crippen LogP contribution in [0.5, 0.6) is 11.5 Å². The van der Waals surface area contributed by atoms with E-state index < -0.39 is 0 Å². The first-order valence-corrected chi connectivity index (χ1v) is 10.9. The number of carbonyl (C=O) groups excluding carboxylic acids is 1. The maximum absolute atomic E-state index is 12.2. The van der Waals surface area contributed by atoms with Crippen LogP contribution in [0, 0.1) is 0 Å². The Morgan fingerprint density at radius 3 is 2.65 bits per heavy atom. The molecule has 0 spiro atoms. The van der Waals surface area contributed by atoms with Crippen molar-refractivity contribution < 1.29 is 14.3 Å². The summed E-state index contributed by atoms with van der Waals surface area (Å²) in [6.45, 7) is 5.18. The standard InChI is InChI=1S/C22H25N5O3S/c1-4-27-21(16-10-12-18(29-3)13-11-16)25-26-22(27)31-15-20(28)24-23-14-17-8-6-7-9-19(17)30-5-2/h6-14H,4-5,15H2,1-3H3,(H,24,28)/b23-14-. The highest BCUT2D eigenvalue weighted by atomic mass is 32.2. The number of methoxy groups -OCH3 is 1. The van der Waals surface area contributed by atoms with Gasteiger partial charge < -0.3 is 14.0 Å². The number of amides is 1. The minimum atomic E-state index is -0.230. The Bertz CT molecular complexity index is 1030. The maximum atomic E-state index is 12.2. The van der Waals surface area contributed by atoms with Gasteiger partial charge in [-0.05, 0) is 50.2 Å². The van der Waals surface area contributed by atoms with Gasteiger partial charge in [-0.2, -0.15) is 5.10 Å². The molecule has 3 aromatic rings. The lowest BCUT2D eigenvalue weighted by atomic mass is 10.2. The molecule has 0 fully saturated rings. The lowest BCUT2D eigenvalue weighted by molar-refractivity contribution is -0.118. The molecule has 3 rings (SSSR count). The third-order valence-electron chi connectivity index (χ3n) is 4.33. The molecular weight excluding hydrogens is 414 g/mol. The van der Waals surface area contributed by atoms with Crippen LogP contribution >= 0.6 is 11.8 Å². The average molecular weight is 440 g/mol. The van der Waals surface area contributed by atoms with Crippen LogP contribution in [0.15, 0.2) is 58.8 Å². The van der Waals surface area contributed by atoms with Gasteiger partial charge in [0.25, 0.3) is 5.91 Å². The van der Waals surface area contributed by atoms with Crippen LogP contribution in [0.2, 0.25) is 0 Å². The summed E-state index contributed by atoms with van der Waals surface area (Å²) >= 11 is 1.31. The van der Waals surface area contributed by atoms with Crippen molar-refractivity contribution in [1.82, 2.24) is 20.2 Å². The van der Waals surface area contributed by atoms with Gasteiger partial charge >= 0.3 is 0 Å². The molecule has 1 heterocycles. The second-order valence-electron chi connectivity index (χ2n) is 6.33. The van der Waals surface area contributed by atoms with Crippen LogP contribution in [0.4, 0.5) is 0 Å². The van der Waals surface area contributed by atoms with Crippen molar-refractivity contribution in [2.75, 3.05) is 19.5 Å². The van der Waals surface area contributed by atoms with Crippen molar-refractivity contribution in [3.63, 3.8) is 0 Å². The zero-order valence-corrected chi connectivity index (χ0v) is 18.6. The summed E-state index contributed by atoms with van der Waals surface area (Å²) in [5.41, 5.74) is 4.27. The molecule has 9 heteroatoms. The Hall–Kier alpha value is -3.33. The zero-order chi connectivity index (χ0) is 22.1. The van der Waals surface area contributed by atoms with E-state index in [1.807, 2.05) is 66.9 Å². The van der Waals surface area contributed by atoms with Crippen LogP contribution in [-0.2, 0) is 11.3 Å². The fraction of sp³-hybridized carbons (Fsp3) is 0.273. The van der Waals surface area contributed by atoms with E-state index >= 15 is 0 Å². The van der Waals surface area contributed by atoms with Crippen LogP contribution in [0.25, 0.3) is 11.4 Å². The van der Waals surface area contributed by atoms with Gasteiger partial charge in [0, 0.05) is 17.7 Å². The van der Waals surface area contributed by atoms with Crippen molar-refractivity contribution in [2.45, 2.75) is 25.5 Å². The number of nitrogens with zero attached hydrogens (tertiary/aromatic N) is 4. The van der Waals surface area contributed by atoms with Crippen LogP contribution in [0.3, 0.4) is 0 Å². The minimum absolute atomic E-state index is 0.172. The van der Waals surface area contributed by atoms with Gasteiger partial charge in [0.15, 0.2) is 11.0 Å². The number of hydrazone groups is 1. The second kappa shape index (κ2) is 11.2. The Morgan fingerprint density at radius 2 is 1.94 bits per heavy atom. The van der Waals surface area contributed by atoms with Gasteiger partial charge in [-0.1, -0.05) is 23.9 Å². The van der Waals surface area contributed by atoms with Gasteiger partial charge in [0.1, 0.15) is 11.5 Å². The van der Waals surface area contributed by atoms with Crippen LogP contribution in [0.1, 0.15) is 19.4 Å². The van der Waals surface area contributed by atoms with Crippen molar-refractivity contribution in [3.05, 3.63) is 54.1 Å². The first-order chi connectivity index (χ1) is 15.2. The van der Waals surface area contributed by atoms with E-state index in [1.165, 1.54) is 11.8 Å². The average Bonchev–Trinajstić information content (AvgIpc) is 3.22. The Balaban J connectivity index is 1.59. The second-order valence-corrected chi connectivity index (χ2v) is 7.27. The van der Waals surface area contributed by atoms with Crippen LogP contribution in [-0.4, -0.2) is 46.4 Å². The number of aromatic nitrogens is 3. The first-order valence-electron chi connectivity index (χ1n) is 9.90. The molecule has 1 aromatic heterocycles. The molecule has 0 radical (unpaired) electrons. The molecular formula is C22H25N5O3S. The van der Waals surface area contributed by atoms with Gasteiger partial charge in [-0.25, -0.2) is 5.43 Å². The summed E-state index contributed by atoms with van der Waals surface area (Å²) < 4.78 is 12.7. The number of benzene rings is 2. The number of nitrogens with one attached hydrogen (secondary N) is 1. The van der Waals surface area contributed by atoms with Gasteiger partial charge in [-0.3, -0.25) is 4.79 Å². The van der Waals surface area contributed by atoms with E-state index in [0.717, 1.165) is 28.5 Å². The smallest absolute Gasteiger partial charge is 0.250 e. The largest absolute Gasteiger partial charge is 0.497 e. The van der Waals surface area contributed by atoms with Crippen molar-refractivity contribution >= 4 is 23.9 Å². The lowest BCUT2D eigenvalue weighted by Crippen LogP contribution is -2.20. The van der Waals surface area contributed by atoms with Crippen molar-refractivity contribution in [1.29, 1.82) is 0 Å². The maximum Gasteiger partial charge on any atom is 0.250 e. The third kappa shape index (κ3) is 5.85. The molecule has 0 saturated carbocycles. The molecule has 8 nitrogen and oxygen atoms in total. The predicted molar refractivity (Wildman–Crippen MR) is 122 cm³/mol. The van der Waals surface area contributed by atoms with Gasteiger partial charge in [0.05, 0.1) is 25.7 Å². The minimum Gasteiger partial charge on any atom is -0.497 e. The number of hydrogen-bond acceptors (Lipinski definition) is 7. The van der Waals surface area contributed by atoms with Crippen molar-refractivity contribution in [2.24, 2.45) is 5.10 Å². The SMILES string of the molecule is CCOc1ccccc1/C=N\NC(=O)CSc1nnc(-c2ccc(OC)cc2)n1CC. The number of rotatable bonds is 10. The third-order valence-corrected chi connectivity index (χ3v) is 5.29. The highest BCUT2D eigenvalue weighted by Gasteiger charge is 2.14. The number of carbonyl (C=O) groups is 1. The van der Waals surface area contributed by atoms with E-state index in [-0.39, 0.29) is 11.7 Å². The molecule has 0 aliphatic rings. The fourth-order valence-corrected chi connectivity index (χ4v) is 3.64.